The number of aryl methyl sites for hydroxylation is 2. The van der Waals surface area contributed by atoms with Gasteiger partial charge in [0.1, 0.15) is 11.6 Å². The monoisotopic (exact) mass is 391 g/mol. The van der Waals surface area contributed by atoms with Crippen LogP contribution in [0.5, 0.6) is 0 Å². The number of aromatic amines is 1. The van der Waals surface area contributed by atoms with E-state index in [-0.39, 0.29) is 23.9 Å². The van der Waals surface area contributed by atoms with Crippen LogP contribution in [0, 0.1) is 13.8 Å². The maximum atomic E-state index is 12.5. The van der Waals surface area contributed by atoms with Crippen molar-refractivity contribution in [1.29, 1.82) is 0 Å². The quantitative estimate of drug-likeness (QED) is 0.712. The molecule has 7 heteroatoms. The summed E-state index contributed by atoms with van der Waals surface area (Å²) in [4.78, 5) is 38.7. The van der Waals surface area contributed by atoms with Gasteiger partial charge in [0.2, 0.25) is 5.91 Å². The minimum absolute atomic E-state index is 0.0880. The van der Waals surface area contributed by atoms with Gasteiger partial charge in [-0.25, -0.2) is 9.97 Å². The number of hydrogen-bond acceptors (Lipinski definition) is 5. The van der Waals surface area contributed by atoms with E-state index in [0.29, 0.717) is 5.56 Å². The number of rotatable bonds is 4. The number of pyridine rings is 1. The Bertz CT molecular complexity index is 1080. The summed E-state index contributed by atoms with van der Waals surface area (Å²) in [5.74, 6) is 1.61. The highest BCUT2D eigenvalue weighted by Crippen LogP contribution is 2.19. The Balaban J connectivity index is 1.35. The maximum absolute atomic E-state index is 12.5. The first kappa shape index (κ1) is 19.1. The molecule has 0 aliphatic carbocycles. The molecule has 1 aromatic carbocycles. The summed E-state index contributed by atoms with van der Waals surface area (Å²) in [5, 5.41) is 4.02. The van der Waals surface area contributed by atoms with Gasteiger partial charge in [-0.1, -0.05) is 18.2 Å². The molecule has 150 valence electrons. The van der Waals surface area contributed by atoms with Gasteiger partial charge in [-0.05, 0) is 44.2 Å². The predicted molar refractivity (Wildman–Crippen MR) is 113 cm³/mol. The second-order valence-corrected chi connectivity index (χ2v) is 7.63. The van der Waals surface area contributed by atoms with Gasteiger partial charge in [0, 0.05) is 42.0 Å². The van der Waals surface area contributed by atoms with E-state index in [1.54, 1.807) is 6.07 Å². The minimum atomic E-state index is -0.205. The van der Waals surface area contributed by atoms with Crippen LogP contribution >= 0.6 is 0 Å². The van der Waals surface area contributed by atoms with Crippen molar-refractivity contribution in [2.75, 3.05) is 18.0 Å². The van der Waals surface area contributed by atoms with Crippen molar-refractivity contribution < 1.29 is 4.79 Å². The number of carbonyl (C=O) groups is 1. The number of benzene rings is 1. The van der Waals surface area contributed by atoms with Crippen molar-refractivity contribution in [3.05, 3.63) is 63.8 Å². The Morgan fingerprint density at radius 3 is 2.69 bits per heavy atom. The second kappa shape index (κ2) is 8.03. The Hall–Kier alpha value is -3.22. The second-order valence-electron chi connectivity index (χ2n) is 7.63. The maximum Gasteiger partial charge on any atom is 0.252 e. The fourth-order valence-corrected chi connectivity index (χ4v) is 3.89. The van der Waals surface area contributed by atoms with Crippen LogP contribution in [0.4, 0.5) is 5.82 Å². The molecule has 1 amide bonds. The van der Waals surface area contributed by atoms with E-state index in [4.69, 9.17) is 0 Å². The zero-order valence-electron chi connectivity index (χ0n) is 16.7. The van der Waals surface area contributed by atoms with Gasteiger partial charge in [0.15, 0.2) is 0 Å². The summed E-state index contributed by atoms with van der Waals surface area (Å²) < 4.78 is 0. The number of fused-ring (bicyclic) bond motifs is 1. The number of anilines is 1. The Morgan fingerprint density at radius 2 is 1.93 bits per heavy atom. The molecule has 0 atom stereocenters. The lowest BCUT2D eigenvalue weighted by Crippen LogP contribution is -2.45. The number of amides is 1. The Labute approximate surface area is 169 Å². The summed E-state index contributed by atoms with van der Waals surface area (Å²) in [6, 6.07) is 11.5. The van der Waals surface area contributed by atoms with Crippen LogP contribution in [0.2, 0.25) is 0 Å². The van der Waals surface area contributed by atoms with E-state index in [1.165, 1.54) is 0 Å². The molecule has 0 saturated carbocycles. The largest absolute Gasteiger partial charge is 0.356 e. The lowest BCUT2D eigenvalue weighted by atomic mass is 10.0. The Morgan fingerprint density at radius 1 is 1.17 bits per heavy atom. The highest BCUT2D eigenvalue weighted by atomic mass is 16.2. The van der Waals surface area contributed by atoms with E-state index in [9.17, 15) is 9.59 Å². The number of carbonyl (C=O) groups excluding carboxylic acids is 1. The highest BCUT2D eigenvalue weighted by Gasteiger charge is 2.22. The fourth-order valence-electron chi connectivity index (χ4n) is 3.89. The average molecular weight is 391 g/mol. The normalized spacial score (nSPS) is 14.9. The van der Waals surface area contributed by atoms with Crippen LogP contribution in [0.25, 0.3) is 10.9 Å². The fraction of sp³-hybridized carbons (Fsp3) is 0.364. The van der Waals surface area contributed by atoms with Gasteiger partial charge < -0.3 is 15.2 Å². The van der Waals surface area contributed by atoms with E-state index in [2.05, 4.69) is 25.2 Å². The number of para-hydroxylation sites is 1. The van der Waals surface area contributed by atoms with Crippen LogP contribution in [0.3, 0.4) is 0 Å². The van der Waals surface area contributed by atoms with Gasteiger partial charge in [-0.2, -0.15) is 0 Å². The van der Waals surface area contributed by atoms with Crippen LogP contribution in [0.15, 0.2) is 41.2 Å². The van der Waals surface area contributed by atoms with Crippen molar-refractivity contribution in [3.63, 3.8) is 0 Å². The summed E-state index contributed by atoms with van der Waals surface area (Å²) in [6.45, 7) is 5.53. The zero-order valence-corrected chi connectivity index (χ0v) is 16.7. The molecule has 29 heavy (non-hydrogen) atoms. The van der Waals surface area contributed by atoms with Crippen LogP contribution in [-0.2, 0) is 11.2 Å². The molecular weight excluding hydrogens is 366 g/mol. The van der Waals surface area contributed by atoms with E-state index >= 15 is 0 Å². The smallest absolute Gasteiger partial charge is 0.252 e. The molecule has 1 fully saturated rings. The molecule has 1 aliphatic heterocycles. The van der Waals surface area contributed by atoms with Gasteiger partial charge in [-0.3, -0.25) is 9.59 Å². The lowest BCUT2D eigenvalue weighted by Gasteiger charge is -2.33. The van der Waals surface area contributed by atoms with E-state index in [1.807, 2.05) is 44.2 Å². The van der Waals surface area contributed by atoms with Crippen molar-refractivity contribution in [3.8, 4) is 0 Å². The lowest BCUT2D eigenvalue weighted by molar-refractivity contribution is -0.121. The first-order valence-corrected chi connectivity index (χ1v) is 9.95. The summed E-state index contributed by atoms with van der Waals surface area (Å²) >= 11 is 0. The molecule has 1 saturated heterocycles. The summed E-state index contributed by atoms with van der Waals surface area (Å²) in [6.07, 6.45) is 1.79. The molecule has 0 spiro atoms. The topological polar surface area (TPSA) is 91.0 Å². The zero-order chi connectivity index (χ0) is 20.4. The van der Waals surface area contributed by atoms with Gasteiger partial charge >= 0.3 is 0 Å². The van der Waals surface area contributed by atoms with Crippen molar-refractivity contribution in [1.82, 2.24) is 20.3 Å². The van der Waals surface area contributed by atoms with E-state index < -0.39 is 0 Å². The average Bonchev–Trinajstić information content (AvgIpc) is 2.68. The number of nitrogens with zero attached hydrogens (tertiary/aromatic N) is 3. The first-order valence-electron chi connectivity index (χ1n) is 9.95. The van der Waals surface area contributed by atoms with Crippen molar-refractivity contribution >= 4 is 22.6 Å². The van der Waals surface area contributed by atoms with Crippen LogP contribution in [-0.4, -0.2) is 40.0 Å². The van der Waals surface area contributed by atoms with Crippen LogP contribution in [0.1, 0.15) is 29.9 Å². The Kier molecular flexibility index (Phi) is 5.29. The summed E-state index contributed by atoms with van der Waals surface area (Å²) in [5.41, 5.74) is 2.03. The van der Waals surface area contributed by atoms with Crippen molar-refractivity contribution in [2.45, 2.75) is 39.2 Å². The third kappa shape index (κ3) is 4.45. The summed E-state index contributed by atoms with van der Waals surface area (Å²) in [7, 11) is 0. The first-order chi connectivity index (χ1) is 14.0. The number of hydrogen-bond donors (Lipinski definition) is 2. The highest BCUT2D eigenvalue weighted by molar-refractivity contribution is 5.82. The molecule has 0 unspecified atom stereocenters. The molecule has 3 heterocycles. The number of H-pyrrole nitrogens is 1. The number of aromatic nitrogens is 3. The SMILES string of the molecule is Cc1cc(N2CCC(NC(=O)Cc3cc4ccccc4[nH]c3=O)CC2)nc(C)n1. The third-order valence-corrected chi connectivity index (χ3v) is 5.32. The predicted octanol–water partition coefficient (Wildman–Crippen LogP) is 2.26. The van der Waals surface area contributed by atoms with Crippen molar-refractivity contribution in [2.24, 2.45) is 0 Å². The molecule has 1 aliphatic rings. The molecule has 4 rings (SSSR count). The third-order valence-electron chi connectivity index (χ3n) is 5.32. The number of piperidine rings is 1. The van der Waals surface area contributed by atoms with Gasteiger partial charge in [-0.15, -0.1) is 0 Å². The molecule has 2 aromatic heterocycles. The molecule has 7 nitrogen and oxygen atoms in total. The van der Waals surface area contributed by atoms with Crippen LogP contribution < -0.4 is 15.8 Å². The molecule has 0 bridgehead atoms. The minimum Gasteiger partial charge on any atom is -0.356 e. The van der Waals surface area contributed by atoms with Gasteiger partial charge in [0.05, 0.1) is 6.42 Å². The molecule has 0 radical (unpaired) electrons. The van der Waals surface area contributed by atoms with Gasteiger partial charge in [0.25, 0.3) is 5.56 Å². The molecular formula is C22H25N5O2. The van der Waals surface area contributed by atoms with E-state index in [0.717, 1.165) is 54.2 Å². The number of nitrogens with one attached hydrogen (secondary N) is 2. The standard InChI is InChI=1S/C22H25N5O2/c1-14-11-20(24-15(2)23-14)27-9-7-18(8-10-27)25-21(28)13-17-12-16-5-3-4-6-19(16)26-22(17)29/h3-6,11-12,18H,7-10,13H2,1-2H3,(H,25,28)(H,26,29). The molecule has 3 aromatic rings. The molecule has 2 N–H and O–H groups in total.